The minimum absolute atomic E-state index is 0.0199. The third-order valence-electron chi connectivity index (χ3n) is 3.62. The standard InChI is InChI=1S/C19H15NO5/c21-15-7-8-16(17(22)11-15)18(23)12-25-19(24)13-3-5-14(6-4-13)20-9-1-2-10-20/h1-11,21-22H,12H2. The third kappa shape index (κ3) is 3.69. The molecule has 0 aliphatic rings. The highest BCUT2D eigenvalue weighted by Crippen LogP contribution is 2.23. The summed E-state index contributed by atoms with van der Waals surface area (Å²) in [5.74, 6) is -1.72. The first-order valence-electron chi connectivity index (χ1n) is 7.50. The second-order valence-corrected chi connectivity index (χ2v) is 5.34. The Kier molecular flexibility index (Phi) is 4.52. The Morgan fingerprint density at radius 2 is 1.64 bits per heavy atom. The largest absolute Gasteiger partial charge is 0.508 e. The first-order valence-corrected chi connectivity index (χ1v) is 7.50. The van der Waals surface area contributed by atoms with Gasteiger partial charge in [-0.1, -0.05) is 0 Å². The van der Waals surface area contributed by atoms with Gasteiger partial charge in [-0.05, 0) is 48.5 Å². The normalized spacial score (nSPS) is 10.4. The summed E-state index contributed by atoms with van der Waals surface area (Å²) in [5.41, 5.74) is 1.19. The van der Waals surface area contributed by atoms with Crippen molar-refractivity contribution >= 4 is 11.8 Å². The number of ether oxygens (including phenoxy) is 1. The Morgan fingerprint density at radius 1 is 0.960 bits per heavy atom. The lowest BCUT2D eigenvalue weighted by molar-refractivity contribution is 0.0474. The van der Waals surface area contributed by atoms with Crippen molar-refractivity contribution in [1.29, 1.82) is 0 Å². The lowest BCUT2D eigenvalue weighted by Gasteiger charge is -2.07. The summed E-state index contributed by atoms with van der Waals surface area (Å²) in [6, 6.07) is 14.1. The van der Waals surface area contributed by atoms with E-state index in [1.807, 2.05) is 29.1 Å². The van der Waals surface area contributed by atoms with Crippen LogP contribution in [0.15, 0.2) is 67.0 Å². The van der Waals surface area contributed by atoms with Gasteiger partial charge in [0.15, 0.2) is 6.61 Å². The summed E-state index contributed by atoms with van der Waals surface area (Å²) in [5, 5.41) is 18.9. The number of esters is 1. The number of benzene rings is 2. The molecule has 0 aliphatic heterocycles. The number of aromatic nitrogens is 1. The molecule has 3 rings (SSSR count). The van der Waals surface area contributed by atoms with Crippen LogP contribution in [0.5, 0.6) is 11.5 Å². The number of ketones is 1. The maximum atomic E-state index is 12.0. The van der Waals surface area contributed by atoms with Crippen LogP contribution in [0.3, 0.4) is 0 Å². The Balaban J connectivity index is 1.63. The van der Waals surface area contributed by atoms with Crippen molar-refractivity contribution in [3.8, 4) is 17.2 Å². The highest BCUT2D eigenvalue weighted by atomic mass is 16.5. The van der Waals surface area contributed by atoms with Gasteiger partial charge >= 0.3 is 5.97 Å². The van der Waals surface area contributed by atoms with Crippen LogP contribution in [0.2, 0.25) is 0 Å². The number of carbonyl (C=O) groups is 2. The lowest BCUT2D eigenvalue weighted by Crippen LogP contribution is -2.14. The molecule has 2 N–H and O–H groups in total. The zero-order chi connectivity index (χ0) is 17.8. The maximum Gasteiger partial charge on any atom is 0.338 e. The Labute approximate surface area is 143 Å². The number of nitrogens with zero attached hydrogens (tertiary/aromatic N) is 1. The van der Waals surface area contributed by atoms with E-state index < -0.39 is 18.4 Å². The smallest absolute Gasteiger partial charge is 0.338 e. The maximum absolute atomic E-state index is 12.0. The summed E-state index contributed by atoms with van der Waals surface area (Å²) < 4.78 is 6.89. The minimum Gasteiger partial charge on any atom is -0.508 e. The molecule has 0 amide bonds. The third-order valence-corrected chi connectivity index (χ3v) is 3.62. The Morgan fingerprint density at radius 3 is 2.28 bits per heavy atom. The lowest BCUT2D eigenvalue weighted by atomic mass is 10.1. The molecule has 0 unspecified atom stereocenters. The Bertz CT molecular complexity index is 898. The van der Waals surface area contributed by atoms with E-state index in [2.05, 4.69) is 0 Å². The molecule has 1 heterocycles. The highest BCUT2D eigenvalue weighted by molar-refractivity contribution is 6.01. The molecule has 0 radical (unpaired) electrons. The fourth-order valence-corrected chi connectivity index (χ4v) is 2.32. The van der Waals surface area contributed by atoms with E-state index in [1.165, 1.54) is 12.1 Å². The number of hydrogen-bond donors (Lipinski definition) is 2. The molecule has 0 spiro atoms. The molecule has 1 aromatic heterocycles. The SMILES string of the molecule is O=C(OCC(=O)c1ccc(O)cc1O)c1ccc(-n2cccc2)cc1. The van der Waals surface area contributed by atoms with Gasteiger partial charge in [-0.25, -0.2) is 4.79 Å². The van der Waals surface area contributed by atoms with Crippen LogP contribution in [0, 0.1) is 0 Å². The van der Waals surface area contributed by atoms with Crippen molar-refractivity contribution in [2.45, 2.75) is 0 Å². The number of hydrogen-bond acceptors (Lipinski definition) is 5. The number of aromatic hydroxyl groups is 2. The predicted octanol–water partition coefficient (Wildman–Crippen LogP) is 2.93. The summed E-state index contributed by atoms with van der Waals surface area (Å²) in [6.45, 7) is -0.503. The van der Waals surface area contributed by atoms with Crippen LogP contribution in [0.1, 0.15) is 20.7 Å². The second-order valence-electron chi connectivity index (χ2n) is 5.34. The van der Waals surface area contributed by atoms with Crippen molar-refractivity contribution in [2.75, 3.05) is 6.61 Å². The second kappa shape index (κ2) is 6.92. The zero-order valence-corrected chi connectivity index (χ0v) is 13.1. The summed E-state index contributed by atoms with van der Waals surface area (Å²) >= 11 is 0. The van der Waals surface area contributed by atoms with Gasteiger partial charge in [0.05, 0.1) is 11.1 Å². The van der Waals surface area contributed by atoms with Crippen molar-refractivity contribution < 1.29 is 24.5 Å². The van der Waals surface area contributed by atoms with Crippen LogP contribution in [0.25, 0.3) is 5.69 Å². The van der Waals surface area contributed by atoms with E-state index in [0.717, 1.165) is 11.8 Å². The quantitative estimate of drug-likeness (QED) is 0.552. The number of phenols is 2. The fourth-order valence-electron chi connectivity index (χ4n) is 2.32. The van der Waals surface area contributed by atoms with Crippen molar-refractivity contribution in [1.82, 2.24) is 4.57 Å². The number of phenolic OH excluding ortho intramolecular Hbond substituents is 2. The van der Waals surface area contributed by atoms with E-state index >= 15 is 0 Å². The Hall–Kier alpha value is -3.54. The summed E-state index contributed by atoms with van der Waals surface area (Å²) in [7, 11) is 0. The average molecular weight is 337 g/mol. The molecule has 0 atom stereocenters. The molecular weight excluding hydrogens is 322 g/mol. The average Bonchev–Trinajstić information content (AvgIpc) is 3.14. The molecule has 6 nitrogen and oxygen atoms in total. The van der Waals surface area contributed by atoms with E-state index in [9.17, 15) is 19.8 Å². The molecule has 0 aliphatic carbocycles. The molecule has 0 saturated heterocycles. The molecule has 25 heavy (non-hydrogen) atoms. The molecule has 3 aromatic rings. The van der Waals surface area contributed by atoms with Gasteiger partial charge in [0.1, 0.15) is 11.5 Å². The van der Waals surface area contributed by atoms with Gasteiger partial charge in [0.2, 0.25) is 5.78 Å². The molecule has 0 saturated carbocycles. The number of Topliss-reactive ketones (excluding diaryl/α,β-unsaturated/α-hetero) is 1. The fraction of sp³-hybridized carbons (Fsp3) is 0.0526. The van der Waals surface area contributed by atoms with E-state index in [-0.39, 0.29) is 17.1 Å². The van der Waals surface area contributed by atoms with Crippen molar-refractivity contribution in [2.24, 2.45) is 0 Å². The van der Waals surface area contributed by atoms with Gasteiger partial charge in [0.25, 0.3) is 0 Å². The first kappa shape index (κ1) is 16.3. The molecule has 0 bridgehead atoms. The van der Waals surface area contributed by atoms with Crippen molar-refractivity contribution in [3.63, 3.8) is 0 Å². The van der Waals surface area contributed by atoms with Crippen LogP contribution in [-0.4, -0.2) is 33.1 Å². The highest BCUT2D eigenvalue weighted by Gasteiger charge is 2.15. The van der Waals surface area contributed by atoms with Gasteiger partial charge in [0, 0.05) is 24.1 Å². The molecule has 6 heteroatoms. The van der Waals surface area contributed by atoms with Crippen LogP contribution in [-0.2, 0) is 4.74 Å². The first-order chi connectivity index (χ1) is 12.0. The van der Waals surface area contributed by atoms with Gasteiger partial charge in [-0.15, -0.1) is 0 Å². The zero-order valence-electron chi connectivity index (χ0n) is 13.1. The summed E-state index contributed by atoms with van der Waals surface area (Å²) in [4.78, 5) is 24.0. The van der Waals surface area contributed by atoms with Crippen LogP contribution >= 0.6 is 0 Å². The van der Waals surface area contributed by atoms with E-state index in [4.69, 9.17) is 4.74 Å². The predicted molar refractivity (Wildman–Crippen MR) is 90.2 cm³/mol. The molecular formula is C19H15NO5. The van der Waals surface area contributed by atoms with Gasteiger partial charge in [-0.3, -0.25) is 4.79 Å². The minimum atomic E-state index is -0.634. The summed E-state index contributed by atoms with van der Waals surface area (Å²) in [6.07, 6.45) is 3.77. The monoisotopic (exact) mass is 337 g/mol. The van der Waals surface area contributed by atoms with Crippen LogP contribution < -0.4 is 0 Å². The van der Waals surface area contributed by atoms with Crippen LogP contribution in [0.4, 0.5) is 0 Å². The molecule has 2 aromatic carbocycles. The van der Waals surface area contributed by atoms with Gasteiger partial charge < -0.3 is 19.5 Å². The van der Waals surface area contributed by atoms with Crippen molar-refractivity contribution in [3.05, 3.63) is 78.1 Å². The van der Waals surface area contributed by atoms with E-state index in [1.54, 1.807) is 24.3 Å². The van der Waals surface area contributed by atoms with Gasteiger partial charge in [-0.2, -0.15) is 0 Å². The molecule has 0 fully saturated rings. The number of rotatable bonds is 5. The topological polar surface area (TPSA) is 88.8 Å². The number of carbonyl (C=O) groups excluding carboxylic acids is 2. The van der Waals surface area contributed by atoms with E-state index in [0.29, 0.717) is 5.56 Å². The molecule has 126 valence electrons.